The maximum Gasteiger partial charge on any atom is 0.141 e. The summed E-state index contributed by atoms with van der Waals surface area (Å²) in [6.45, 7) is 3.83. The van der Waals surface area contributed by atoms with Gasteiger partial charge < -0.3 is 0 Å². The summed E-state index contributed by atoms with van der Waals surface area (Å²) in [6.07, 6.45) is 3.69. The predicted octanol–water partition coefficient (Wildman–Crippen LogP) is 3.71. The van der Waals surface area contributed by atoms with Crippen LogP contribution in [0.1, 0.15) is 29.5 Å². The van der Waals surface area contributed by atoms with Crippen molar-refractivity contribution in [3.8, 4) is 0 Å². The maximum absolute atomic E-state index is 13.9. The van der Waals surface area contributed by atoms with Crippen LogP contribution in [0, 0.1) is 12.7 Å². The summed E-state index contributed by atoms with van der Waals surface area (Å²) in [7, 11) is 0. The minimum atomic E-state index is -0.190. The lowest BCUT2D eigenvalue weighted by Crippen LogP contribution is -2.02. The van der Waals surface area contributed by atoms with E-state index in [1.165, 1.54) is 0 Å². The Bertz CT molecular complexity index is 454. The van der Waals surface area contributed by atoms with E-state index in [-0.39, 0.29) is 11.7 Å². The molecule has 0 spiro atoms. The zero-order chi connectivity index (χ0) is 10.3. The number of thiol groups is 1. The van der Waals surface area contributed by atoms with Crippen molar-refractivity contribution in [3.63, 3.8) is 0 Å². The van der Waals surface area contributed by atoms with Crippen LogP contribution < -0.4 is 0 Å². The average molecular weight is 206 g/mol. The van der Waals surface area contributed by atoms with Gasteiger partial charge in [0.15, 0.2) is 0 Å². The van der Waals surface area contributed by atoms with Crippen LogP contribution in [0.3, 0.4) is 0 Å². The fraction of sp³-hybridized carbons (Fsp3) is 0.250. The first-order chi connectivity index (χ1) is 6.61. The molecule has 14 heavy (non-hydrogen) atoms. The molecule has 0 amide bonds. The van der Waals surface area contributed by atoms with Crippen molar-refractivity contribution in [2.75, 3.05) is 0 Å². The molecule has 0 N–H and O–H groups in total. The summed E-state index contributed by atoms with van der Waals surface area (Å²) in [5.74, 6) is -0.105. The van der Waals surface area contributed by atoms with Crippen molar-refractivity contribution in [2.45, 2.75) is 24.7 Å². The first-order valence-corrected chi connectivity index (χ1v) is 5.00. The second-order valence-electron chi connectivity index (χ2n) is 3.63. The minimum Gasteiger partial charge on any atom is -0.205 e. The zero-order valence-electron chi connectivity index (χ0n) is 8.13. The first kappa shape index (κ1) is 9.57. The molecule has 0 heterocycles. The molecule has 1 aliphatic carbocycles. The molecule has 2 heteroatoms. The molecular weight excluding hydrogens is 195 g/mol. The minimum absolute atomic E-state index is 0.0847. The van der Waals surface area contributed by atoms with Gasteiger partial charge in [-0.3, -0.25) is 0 Å². The maximum atomic E-state index is 13.9. The monoisotopic (exact) mass is 206 g/mol. The van der Waals surface area contributed by atoms with Crippen LogP contribution in [-0.4, -0.2) is 0 Å². The highest BCUT2D eigenvalue weighted by Crippen LogP contribution is 2.33. The molecule has 0 radical (unpaired) electrons. The number of hydrogen-bond donors (Lipinski definition) is 1. The van der Waals surface area contributed by atoms with E-state index < -0.39 is 0 Å². The fourth-order valence-corrected chi connectivity index (χ4v) is 1.94. The normalized spacial score (nSPS) is 18.4. The van der Waals surface area contributed by atoms with E-state index in [0.29, 0.717) is 4.90 Å². The van der Waals surface area contributed by atoms with E-state index in [4.69, 9.17) is 0 Å². The Balaban J connectivity index is 2.77. The predicted molar refractivity (Wildman–Crippen MR) is 59.4 cm³/mol. The Hall–Kier alpha value is -0.980. The molecule has 2 rings (SSSR count). The van der Waals surface area contributed by atoms with E-state index in [1.54, 1.807) is 0 Å². The molecule has 0 fully saturated rings. The van der Waals surface area contributed by atoms with E-state index in [1.807, 2.05) is 32.1 Å². The Kier molecular flexibility index (Phi) is 2.26. The molecule has 1 unspecified atom stereocenters. The van der Waals surface area contributed by atoms with Gasteiger partial charge >= 0.3 is 0 Å². The molecule has 1 atom stereocenters. The second-order valence-corrected chi connectivity index (χ2v) is 4.07. The lowest BCUT2D eigenvalue weighted by molar-refractivity contribution is 0.577. The molecule has 0 saturated carbocycles. The zero-order valence-corrected chi connectivity index (χ0v) is 9.03. The number of benzene rings is 1. The van der Waals surface area contributed by atoms with Crippen molar-refractivity contribution >= 4 is 18.7 Å². The molecule has 72 valence electrons. The van der Waals surface area contributed by atoms with Gasteiger partial charge in [-0.25, -0.2) is 4.39 Å². The molecule has 1 aromatic rings. The molecule has 1 aliphatic rings. The molecular formula is C12H11FS. The van der Waals surface area contributed by atoms with Crippen LogP contribution in [0.25, 0.3) is 6.08 Å². The first-order valence-electron chi connectivity index (χ1n) is 4.56. The van der Waals surface area contributed by atoms with Crippen molar-refractivity contribution < 1.29 is 4.39 Å². The topological polar surface area (TPSA) is 0 Å². The summed E-state index contributed by atoms with van der Waals surface area (Å²) in [5.41, 5.74) is 5.55. The van der Waals surface area contributed by atoms with E-state index in [9.17, 15) is 4.39 Å². The number of hydrogen-bond acceptors (Lipinski definition) is 1. The highest BCUT2D eigenvalue weighted by atomic mass is 32.1. The molecule has 0 saturated heterocycles. The van der Waals surface area contributed by atoms with Gasteiger partial charge in [-0.15, -0.1) is 18.4 Å². The number of aryl methyl sites for hydroxylation is 1. The van der Waals surface area contributed by atoms with Crippen LogP contribution in [0.15, 0.2) is 22.8 Å². The van der Waals surface area contributed by atoms with Crippen molar-refractivity contribution in [2.24, 2.45) is 0 Å². The van der Waals surface area contributed by atoms with Crippen molar-refractivity contribution in [3.05, 3.63) is 40.4 Å². The number of halogens is 1. The second kappa shape index (κ2) is 3.30. The molecule has 0 bridgehead atoms. The Morgan fingerprint density at radius 2 is 2.21 bits per heavy atom. The van der Waals surface area contributed by atoms with E-state index in [0.717, 1.165) is 16.7 Å². The van der Waals surface area contributed by atoms with Crippen LogP contribution in [0.5, 0.6) is 0 Å². The number of allylic oxidation sites excluding steroid dienone is 1. The number of rotatable bonds is 0. The van der Waals surface area contributed by atoms with Gasteiger partial charge in [-0.1, -0.05) is 6.92 Å². The summed E-state index contributed by atoms with van der Waals surface area (Å²) >= 11 is 4.16. The van der Waals surface area contributed by atoms with Gasteiger partial charge in [0.1, 0.15) is 5.82 Å². The molecule has 0 nitrogen and oxygen atoms in total. The standard InChI is InChI=1S/C12H11FS/c1-7-4-3-5-9-6-8(2)12(14)11(13)10(7)9/h4-7,14H,1-2H3. The van der Waals surface area contributed by atoms with Crippen molar-refractivity contribution in [1.29, 1.82) is 0 Å². The number of fused-ring (bicyclic) bond motifs is 1. The third-order valence-electron chi connectivity index (χ3n) is 2.54. The van der Waals surface area contributed by atoms with Gasteiger partial charge in [0, 0.05) is 16.4 Å². The summed E-state index contributed by atoms with van der Waals surface area (Å²) in [5, 5.41) is 0. The van der Waals surface area contributed by atoms with Crippen molar-refractivity contribution in [1.82, 2.24) is 0 Å². The summed E-state index contributed by atoms with van der Waals surface area (Å²) < 4.78 is 13.9. The third kappa shape index (κ3) is 1.31. The average Bonchev–Trinajstić information content (AvgIpc) is 2.14. The Morgan fingerprint density at radius 1 is 1.50 bits per heavy atom. The molecule has 0 aliphatic heterocycles. The molecule has 1 aromatic carbocycles. The van der Waals surface area contributed by atoms with Gasteiger partial charge in [0.25, 0.3) is 0 Å². The highest BCUT2D eigenvalue weighted by Gasteiger charge is 2.18. The summed E-state index contributed by atoms with van der Waals surface area (Å²) in [4.78, 5) is 0.458. The van der Waals surface area contributed by atoms with Crippen LogP contribution >= 0.6 is 12.6 Å². The van der Waals surface area contributed by atoms with Gasteiger partial charge in [0.2, 0.25) is 0 Å². The Morgan fingerprint density at radius 3 is 2.93 bits per heavy atom. The third-order valence-corrected chi connectivity index (χ3v) is 3.09. The van der Waals surface area contributed by atoms with E-state index in [2.05, 4.69) is 18.4 Å². The fourth-order valence-electron chi connectivity index (χ4n) is 1.75. The quantitative estimate of drug-likeness (QED) is 0.485. The van der Waals surface area contributed by atoms with Gasteiger partial charge in [0.05, 0.1) is 0 Å². The SMILES string of the molecule is Cc1cc2c(c(F)c1S)C(C)C=C=C2. The smallest absolute Gasteiger partial charge is 0.141 e. The van der Waals surface area contributed by atoms with Crippen LogP contribution in [-0.2, 0) is 0 Å². The molecule has 0 aromatic heterocycles. The van der Waals surface area contributed by atoms with Gasteiger partial charge in [-0.2, -0.15) is 0 Å². The van der Waals surface area contributed by atoms with Crippen LogP contribution in [0.2, 0.25) is 0 Å². The largest absolute Gasteiger partial charge is 0.205 e. The van der Waals surface area contributed by atoms with Gasteiger partial charge in [-0.05, 0) is 36.3 Å². The highest BCUT2D eigenvalue weighted by molar-refractivity contribution is 7.80. The lowest BCUT2D eigenvalue weighted by Gasteiger charge is -2.16. The summed E-state index contributed by atoms with van der Waals surface area (Å²) in [6, 6.07) is 1.96. The van der Waals surface area contributed by atoms with Crippen LogP contribution in [0.4, 0.5) is 4.39 Å². The lowest BCUT2D eigenvalue weighted by atomic mass is 9.90. The van der Waals surface area contributed by atoms with E-state index >= 15 is 0 Å². The Labute approximate surface area is 88.6 Å².